The summed E-state index contributed by atoms with van der Waals surface area (Å²) in [5.74, 6) is 0.0587. The summed E-state index contributed by atoms with van der Waals surface area (Å²) >= 11 is 0. The molecule has 0 saturated carbocycles. The number of amidine groups is 1. The molecule has 0 bridgehead atoms. The first-order chi connectivity index (χ1) is 9.55. The third-order valence-electron chi connectivity index (χ3n) is 4.06. The first kappa shape index (κ1) is 14.9. The zero-order chi connectivity index (χ0) is 14.6. The minimum Gasteiger partial charge on any atom is -0.409 e. The number of nitrogens with one attached hydrogen (secondary N) is 2. The van der Waals surface area contributed by atoms with Crippen molar-refractivity contribution in [1.29, 1.82) is 0 Å². The molecular formula is C12H23N5O3. The van der Waals surface area contributed by atoms with Crippen molar-refractivity contribution >= 4 is 11.9 Å². The molecule has 2 aliphatic rings. The van der Waals surface area contributed by atoms with E-state index in [0.29, 0.717) is 26.1 Å². The summed E-state index contributed by atoms with van der Waals surface area (Å²) in [6, 6.07) is -0.262. The maximum absolute atomic E-state index is 12.1. The Kier molecular flexibility index (Phi) is 4.66. The molecule has 2 rings (SSSR count). The summed E-state index contributed by atoms with van der Waals surface area (Å²) in [6.07, 6.45) is 2.05. The fourth-order valence-electron chi connectivity index (χ4n) is 2.63. The Morgan fingerprint density at radius 3 is 2.75 bits per heavy atom. The number of piperidine rings is 1. The molecular weight excluding hydrogens is 262 g/mol. The Labute approximate surface area is 118 Å². The Bertz CT molecular complexity index is 373. The first-order valence-corrected chi connectivity index (χ1v) is 6.89. The minimum atomic E-state index is -0.773. The number of hydrogen-bond acceptors (Lipinski definition) is 5. The fourth-order valence-corrected chi connectivity index (χ4v) is 2.63. The number of amides is 2. The average molecular weight is 285 g/mol. The number of urea groups is 1. The second kappa shape index (κ2) is 6.27. The van der Waals surface area contributed by atoms with Crippen LogP contribution < -0.4 is 16.4 Å². The maximum Gasteiger partial charge on any atom is 0.315 e. The van der Waals surface area contributed by atoms with Gasteiger partial charge in [0.05, 0.1) is 12.6 Å². The van der Waals surface area contributed by atoms with Gasteiger partial charge in [0, 0.05) is 19.7 Å². The van der Waals surface area contributed by atoms with Gasteiger partial charge in [-0.05, 0) is 26.3 Å². The van der Waals surface area contributed by atoms with Crippen LogP contribution in [0.15, 0.2) is 5.16 Å². The second-order valence-corrected chi connectivity index (χ2v) is 5.53. The summed E-state index contributed by atoms with van der Waals surface area (Å²) in [7, 11) is 2.01. The average Bonchev–Trinajstić information content (AvgIpc) is 2.93. The van der Waals surface area contributed by atoms with Crippen LogP contribution in [0.3, 0.4) is 0 Å². The van der Waals surface area contributed by atoms with Crippen LogP contribution in [0.2, 0.25) is 0 Å². The van der Waals surface area contributed by atoms with Crippen LogP contribution in [0.4, 0.5) is 4.79 Å². The third-order valence-corrected chi connectivity index (χ3v) is 4.06. The zero-order valence-electron chi connectivity index (χ0n) is 11.8. The molecule has 0 aliphatic carbocycles. The van der Waals surface area contributed by atoms with E-state index in [4.69, 9.17) is 15.7 Å². The lowest BCUT2D eigenvalue weighted by atomic mass is 9.86. The van der Waals surface area contributed by atoms with Gasteiger partial charge in [-0.15, -0.1) is 0 Å². The fraction of sp³-hybridized carbons (Fsp3) is 0.833. The van der Waals surface area contributed by atoms with Crippen LogP contribution in [0.25, 0.3) is 0 Å². The molecule has 0 spiro atoms. The largest absolute Gasteiger partial charge is 0.409 e. The molecule has 8 nitrogen and oxygen atoms in total. The van der Waals surface area contributed by atoms with Crippen molar-refractivity contribution in [2.45, 2.75) is 30.8 Å². The van der Waals surface area contributed by atoms with Crippen LogP contribution in [0.1, 0.15) is 19.3 Å². The monoisotopic (exact) mass is 285 g/mol. The Hall–Kier alpha value is -1.54. The highest BCUT2D eigenvalue weighted by Gasteiger charge is 2.40. The molecule has 0 radical (unpaired) electrons. The molecule has 0 aromatic carbocycles. The summed E-state index contributed by atoms with van der Waals surface area (Å²) in [5.41, 5.74) is 5.03. The molecule has 2 amide bonds. The van der Waals surface area contributed by atoms with E-state index in [9.17, 15) is 4.79 Å². The minimum absolute atomic E-state index is 0.0330. The van der Waals surface area contributed by atoms with Gasteiger partial charge < -0.3 is 31.2 Å². The molecule has 2 saturated heterocycles. The summed E-state index contributed by atoms with van der Waals surface area (Å²) in [6.45, 7) is 2.76. The summed E-state index contributed by atoms with van der Waals surface area (Å²) < 4.78 is 5.22. The molecule has 1 unspecified atom stereocenters. The van der Waals surface area contributed by atoms with Crippen molar-refractivity contribution in [2.75, 3.05) is 33.4 Å². The Balaban J connectivity index is 1.98. The molecule has 20 heavy (non-hydrogen) atoms. The SMILES string of the molecule is CN1CCC(NC(=O)NC2CCOC2)(C(N)=NO)CC1. The van der Waals surface area contributed by atoms with Gasteiger partial charge in [-0.2, -0.15) is 0 Å². The molecule has 114 valence electrons. The van der Waals surface area contributed by atoms with Gasteiger partial charge in [-0.3, -0.25) is 0 Å². The molecule has 2 fully saturated rings. The van der Waals surface area contributed by atoms with Crippen molar-refractivity contribution in [2.24, 2.45) is 10.9 Å². The molecule has 1 atom stereocenters. The van der Waals surface area contributed by atoms with Crippen LogP contribution in [-0.2, 0) is 4.74 Å². The highest BCUT2D eigenvalue weighted by molar-refractivity contribution is 5.93. The normalized spacial score (nSPS) is 27.2. The smallest absolute Gasteiger partial charge is 0.315 e. The van der Waals surface area contributed by atoms with Gasteiger partial charge in [-0.25, -0.2) is 4.79 Å². The van der Waals surface area contributed by atoms with Crippen LogP contribution in [0, 0.1) is 0 Å². The number of oxime groups is 1. The molecule has 8 heteroatoms. The maximum atomic E-state index is 12.1. The molecule has 2 aliphatic heterocycles. The van der Waals surface area contributed by atoms with Gasteiger partial charge in [0.15, 0.2) is 5.84 Å². The van der Waals surface area contributed by atoms with Gasteiger partial charge >= 0.3 is 6.03 Å². The standard InChI is InChI=1S/C12H23N5O3/c1-17-5-3-12(4-6-17,10(13)16-19)15-11(18)14-9-2-7-20-8-9/h9,19H,2-8H2,1H3,(H2,13,16)(H2,14,15,18). The number of carbonyl (C=O) groups is 1. The number of likely N-dealkylation sites (tertiary alicyclic amines) is 1. The number of nitrogens with two attached hydrogens (primary N) is 1. The predicted octanol–water partition coefficient (Wildman–Crippen LogP) is -0.715. The first-order valence-electron chi connectivity index (χ1n) is 6.89. The van der Waals surface area contributed by atoms with Crippen molar-refractivity contribution < 1.29 is 14.7 Å². The second-order valence-electron chi connectivity index (χ2n) is 5.53. The number of nitrogens with zero attached hydrogens (tertiary/aromatic N) is 2. The highest BCUT2D eigenvalue weighted by Crippen LogP contribution is 2.22. The number of hydrogen-bond donors (Lipinski definition) is 4. The zero-order valence-corrected chi connectivity index (χ0v) is 11.8. The molecule has 5 N–H and O–H groups in total. The van der Waals surface area contributed by atoms with Crippen molar-refractivity contribution in [3.05, 3.63) is 0 Å². The van der Waals surface area contributed by atoms with E-state index in [1.165, 1.54) is 0 Å². The Morgan fingerprint density at radius 2 is 2.20 bits per heavy atom. The van der Waals surface area contributed by atoms with Crippen LogP contribution in [-0.4, -0.2) is 66.9 Å². The van der Waals surface area contributed by atoms with E-state index in [1.54, 1.807) is 0 Å². The van der Waals surface area contributed by atoms with Crippen LogP contribution >= 0.6 is 0 Å². The van der Waals surface area contributed by atoms with Gasteiger partial charge in [0.2, 0.25) is 0 Å². The van der Waals surface area contributed by atoms with Gasteiger partial charge in [0.1, 0.15) is 5.54 Å². The van der Waals surface area contributed by atoms with E-state index in [-0.39, 0.29) is 17.9 Å². The number of ether oxygens (including phenoxy) is 1. The molecule has 2 heterocycles. The van der Waals surface area contributed by atoms with Crippen molar-refractivity contribution in [3.8, 4) is 0 Å². The number of carbonyl (C=O) groups excluding carboxylic acids is 1. The van der Waals surface area contributed by atoms with E-state index >= 15 is 0 Å². The number of rotatable bonds is 3. The summed E-state index contributed by atoms with van der Waals surface area (Å²) in [5, 5.41) is 17.8. The van der Waals surface area contributed by atoms with E-state index in [2.05, 4.69) is 20.7 Å². The summed E-state index contributed by atoms with van der Waals surface area (Å²) in [4.78, 5) is 14.2. The topological polar surface area (TPSA) is 112 Å². The van der Waals surface area contributed by atoms with Crippen molar-refractivity contribution in [1.82, 2.24) is 15.5 Å². The van der Waals surface area contributed by atoms with Crippen LogP contribution in [0.5, 0.6) is 0 Å². The van der Waals surface area contributed by atoms with E-state index in [0.717, 1.165) is 19.5 Å². The van der Waals surface area contributed by atoms with E-state index in [1.807, 2.05) is 7.05 Å². The highest BCUT2D eigenvalue weighted by atomic mass is 16.5. The van der Waals surface area contributed by atoms with Crippen molar-refractivity contribution in [3.63, 3.8) is 0 Å². The van der Waals surface area contributed by atoms with E-state index < -0.39 is 5.54 Å². The quantitative estimate of drug-likeness (QED) is 0.237. The molecule has 0 aromatic heterocycles. The van der Waals surface area contributed by atoms with Gasteiger partial charge in [-0.1, -0.05) is 5.16 Å². The lowest BCUT2D eigenvalue weighted by molar-refractivity contribution is 0.179. The van der Waals surface area contributed by atoms with Gasteiger partial charge in [0.25, 0.3) is 0 Å². The Morgan fingerprint density at radius 1 is 1.50 bits per heavy atom. The lowest BCUT2D eigenvalue weighted by Crippen LogP contribution is -2.64. The molecule has 0 aromatic rings. The third kappa shape index (κ3) is 3.31. The lowest BCUT2D eigenvalue weighted by Gasteiger charge is -2.40. The predicted molar refractivity (Wildman–Crippen MR) is 73.8 cm³/mol.